The van der Waals surface area contributed by atoms with Gasteiger partial charge in [-0.15, -0.1) is 0 Å². The Kier molecular flexibility index (Phi) is 8.07. The third-order valence-corrected chi connectivity index (χ3v) is 6.03. The number of rotatable bonds is 8. The van der Waals surface area contributed by atoms with Crippen LogP contribution in [0.1, 0.15) is 27.8 Å². The number of nitrogens with zero attached hydrogens (tertiary/aromatic N) is 1. The molecule has 0 radical (unpaired) electrons. The van der Waals surface area contributed by atoms with Crippen LogP contribution in [-0.2, 0) is 29.0 Å². The van der Waals surface area contributed by atoms with E-state index in [9.17, 15) is 9.59 Å². The Morgan fingerprint density at radius 1 is 0.938 bits per heavy atom. The van der Waals surface area contributed by atoms with E-state index >= 15 is 0 Å². The predicted octanol–water partition coefficient (Wildman–Crippen LogP) is 4.89. The predicted molar refractivity (Wildman–Crippen MR) is 130 cm³/mol. The SMILES string of the molecule is CNC(=O)C(Cc1ccccc1)N(Cc1ccccc1Cl)C(=O)Cc1cc(C)ccc1C. The molecule has 0 aromatic heterocycles. The molecule has 0 heterocycles. The van der Waals surface area contributed by atoms with Crippen LogP contribution in [0.5, 0.6) is 0 Å². The van der Waals surface area contributed by atoms with Crippen LogP contribution >= 0.6 is 11.6 Å². The quantitative estimate of drug-likeness (QED) is 0.533. The third-order valence-electron chi connectivity index (χ3n) is 5.66. The van der Waals surface area contributed by atoms with Gasteiger partial charge in [-0.05, 0) is 42.2 Å². The first-order chi connectivity index (χ1) is 15.4. The van der Waals surface area contributed by atoms with Gasteiger partial charge < -0.3 is 10.2 Å². The maximum absolute atomic E-state index is 13.6. The molecule has 0 fully saturated rings. The van der Waals surface area contributed by atoms with Gasteiger partial charge in [0.05, 0.1) is 6.42 Å². The second-order valence-electron chi connectivity index (χ2n) is 8.04. The molecule has 1 N–H and O–H groups in total. The zero-order chi connectivity index (χ0) is 23.1. The molecule has 0 bridgehead atoms. The molecule has 0 spiro atoms. The van der Waals surface area contributed by atoms with Crippen molar-refractivity contribution in [2.75, 3.05) is 7.05 Å². The van der Waals surface area contributed by atoms with Crippen molar-refractivity contribution in [3.63, 3.8) is 0 Å². The molecular weight excluding hydrogens is 420 g/mol. The normalized spacial score (nSPS) is 11.6. The van der Waals surface area contributed by atoms with Crippen LogP contribution in [0.2, 0.25) is 5.02 Å². The van der Waals surface area contributed by atoms with Gasteiger partial charge in [0.15, 0.2) is 0 Å². The van der Waals surface area contributed by atoms with E-state index in [-0.39, 0.29) is 24.8 Å². The number of hydrogen-bond donors (Lipinski definition) is 1. The summed E-state index contributed by atoms with van der Waals surface area (Å²) in [6.07, 6.45) is 0.643. The fourth-order valence-corrected chi connectivity index (χ4v) is 3.98. The number of nitrogens with one attached hydrogen (secondary N) is 1. The van der Waals surface area contributed by atoms with Crippen molar-refractivity contribution >= 4 is 23.4 Å². The Balaban J connectivity index is 1.98. The minimum Gasteiger partial charge on any atom is -0.357 e. The second-order valence-corrected chi connectivity index (χ2v) is 8.45. The van der Waals surface area contributed by atoms with Crippen molar-refractivity contribution in [3.05, 3.63) is 106 Å². The average molecular weight is 449 g/mol. The molecule has 32 heavy (non-hydrogen) atoms. The van der Waals surface area contributed by atoms with Crippen LogP contribution in [0.25, 0.3) is 0 Å². The average Bonchev–Trinajstić information content (AvgIpc) is 2.79. The van der Waals surface area contributed by atoms with E-state index in [2.05, 4.69) is 5.32 Å². The third kappa shape index (κ3) is 5.98. The lowest BCUT2D eigenvalue weighted by Gasteiger charge is -2.31. The molecule has 1 atom stereocenters. The van der Waals surface area contributed by atoms with Gasteiger partial charge in [-0.2, -0.15) is 0 Å². The molecule has 0 aliphatic rings. The van der Waals surface area contributed by atoms with Gasteiger partial charge in [0, 0.05) is 25.0 Å². The van der Waals surface area contributed by atoms with Crippen LogP contribution < -0.4 is 5.32 Å². The Labute approximate surface area is 195 Å². The van der Waals surface area contributed by atoms with Crippen LogP contribution in [0, 0.1) is 13.8 Å². The summed E-state index contributed by atoms with van der Waals surface area (Å²) in [5, 5.41) is 3.32. The minimum absolute atomic E-state index is 0.108. The summed E-state index contributed by atoms with van der Waals surface area (Å²) in [6, 6.07) is 22.6. The number of halogens is 1. The van der Waals surface area contributed by atoms with Gasteiger partial charge in [-0.3, -0.25) is 9.59 Å². The highest BCUT2D eigenvalue weighted by molar-refractivity contribution is 6.31. The maximum Gasteiger partial charge on any atom is 0.242 e. The zero-order valence-corrected chi connectivity index (χ0v) is 19.5. The summed E-state index contributed by atoms with van der Waals surface area (Å²) < 4.78 is 0. The van der Waals surface area contributed by atoms with E-state index in [1.54, 1.807) is 18.0 Å². The molecule has 5 heteroatoms. The lowest BCUT2D eigenvalue weighted by molar-refractivity contribution is -0.140. The van der Waals surface area contributed by atoms with Crippen molar-refractivity contribution in [1.82, 2.24) is 10.2 Å². The molecular formula is C27H29ClN2O2. The van der Waals surface area contributed by atoms with Crippen LogP contribution in [0.15, 0.2) is 72.8 Å². The molecule has 0 aliphatic carbocycles. The Morgan fingerprint density at radius 2 is 1.62 bits per heavy atom. The standard InChI is InChI=1S/C27H29ClN2O2/c1-19-13-14-20(2)23(15-19)17-26(31)30(18-22-11-7-8-12-24(22)28)25(27(32)29-3)16-21-9-5-4-6-10-21/h4-15,25H,16-18H2,1-3H3,(H,29,32). The Morgan fingerprint density at radius 3 is 2.31 bits per heavy atom. The van der Waals surface area contributed by atoms with Crippen molar-refractivity contribution < 1.29 is 9.59 Å². The molecule has 3 rings (SSSR count). The number of likely N-dealkylation sites (N-methyl/N-ethyl adjacent to an activating group) is 1. The second kappa shape index (κ2) is 11.0. The van der Waals surface area contributed by atoms with E-state index in [0.717, 1.165) is 27.8 Å². The highest BCUT2D eigenvalue weighted by Crippen LogP contribution is 2.22. The number of hydrogen-bond acceptors (Lipinski definition) is 2. The van der Waals surface area contributed by atoms with Crippen molar-refractivity contribution in [2.45, 2.75) is 39.3 Å². The van der Waals surface area contributed by atoms with E-state index in [4.69, 9.17) is 11.6 Å². The first-order valence-electron chi connectivity index (χ1n) is 10.7. The molecule has 3 aromatic rings. The van der Waals surface area contributed by atoms with E-state index in [0.29, 0.717) is 11.4 Å². The minimum atomic E-state index is -0.656. The molecule has 1 unspecified atom stereocenters. The topological polar surface area (TPSA) is 49.4 Å². The van der Waals surface area contributed by atoms with E-state index in [1.165, 1.54) is 0 Å². The first kappa shape index (κ1) is 23.6. The monoisotopic (exact) mass is 448 g/mol. The Bertz CT molecular complexity index is 1080. The number of carbonyl (C=O) groups is 2. The lowest BCUT2D eigenvalue weighted by atomic mass is 9.99. The van der Waals surface area contributed by atoms with E-state index in [1.807, 2.05) is 80.6 Å². The fraction of sp³-hybridized carbons (Fsp3) is 0.259. The van der Waals surface area contributed by atoms with Crippen LogP contribution in [-0.4, -0.2) is 29.8 Å². The lowest BCUT2D eigenvalue weighted by Crippen LogP contribution is -2.50. The van der Waals surface area contributed by atoms with Crippen molar-refractivity contribution in [2.24, 2.45) is 0 Å². The zero-order valence-electron chi connectivity index (χ0n) is 18.8. The molecule has 166 valence electrons. The highest BCUT2D eigenvalue weighted by atomic mass is 35.5. The first-order valence-corrected chi connectivity index (χ1v) is 11.1. The molecule has 0 aliphatic heterocycles. The summed E-state index contributed by atoms with van der Waals surface area (Å²) in [5.74, 6) is -0.307. The summed E-state index contributed by atoms with van der Waals surface area (Å²) in [6.45, 7) is 4.27. The molecule has 3 aromatic carbocycles. The number of aryl methyl sites for hydroxylation is 2. The molecule has 2 amide bonds. The van der Waals surface area contributed by atoms with Crippen molar-refractivity contribution in [1.29, 1.82) is 0 Å². The largest absolute Gasteiger partial charge is 0.357 e. The maximum atomic E-state index is 13.6. The molecule has 4 nitrogen and oxygen atoms in total. The summed E-state index contributed by atoms with van der Waals surface area (Å²) in [5.41, 5.74) is 4.93. The fourth-order valence-electron chi connectivity index (χ4n) is 3.79. The Hall–Kier alpha value is -3.11. The van der Waals surface area contributed by atoms with Gasteiger partial charge >= 0.3 is 0 Å². The van der Waals surface area contributed by atoms with Gasteiger partial charge in [0.2, 0.25) is 11.8 Å². The molecule has 0 saturated carbocycles. The summed E-state index contributed by atoms with van der Waals surface area (Å²) in [4.78, 5) is 28.3. The van der Waals surface area contributed by atoms with Gasteiger partial charge in [0.25, 0.3) is 0 Å². The smallest absolute Gasteiger partial charge is 0.242 e. The van der Waals surface area contributed by atoms with E-state index < -0.39 is 6.04 Å². The number of benzene rings is 3. The highest BCUT2D eigenvalue weighted by Gasteiger charge is 2.30. The summed E-state index contributed by atoms with van der Waals surface area (Å²) in [7, 11) is 1.60. The van der Waals surface area contributed by atoms with Crippen molar-refractivity contribution in [3.8, 4) is 0 Å². The summed E-state index contributed by atoms with van der Waals surface area (Å²) >= 11 is 6.42. The van der Waals surface area contributed by atoms with Gasteiger partial charge in [-0.25, -0.2) is 0 Å². The van der Waals surface area contributed by atoms with Gasteiger partial charge in [0.1, 0.15) is 6.04 Å². The van der Waals surface area contributed by atoms with Crippen LogP contribution in [0.4, 0.5) is 0 Å². The van der Waals surface area contributed by atoms with Gasteiger partial charge in [-0.1, -0.05) is 83.9 Å². The number of amides is 2. The molecule has 0 saturated heterocycles. The number of carbonyl (C=O) groups excluding carboxylic acids is 2. The van der Waals surface area contributed by atoms with Crippen LogP contribution in [0.3, 0.4) is 0 Å².